The third-order valence-corrected chi connectivity index (χ3v) is 5.36. The molecule has 2 rings (SSSR count). The van der Waals surface area contributed by atoms with Crippen molar-refractivity contribution in [2.24, 2.45) is 5.41 Å². The lowest BCUT2D eigenvalue weighted by Gasteiger charge is -2.37. The minimum atomic E-state index is 0.406. The summed E-state index contributed by atoms with van der Waals surface area (Å²) in [6.45, 7) is 5.54. The van der Waals surface area contributed by atoms with Crippen molar-refractivity contribution in [1.29, 1.82) is 0 Å². The molecule has 0 bridgehead atoms. The summed E-state index contributed by atoms with van der Waals surface area (Å²) in [5.41, 5.74) is 1.75. The molecular weight excluding hydrogens is 302 g/mol. The SMILES string of the molecule is CCCn1ncc(Br)c1C(NC)C1(CC)CCCC1. The maximum Gasteiger partial charge on any atom is 0.0701 e. The number of aromatic nitrogens is 2. The van der Waals surface area contributed by atoms with E-state index in [4.69, 9.17) is 0 Å². The van der Waals surface area contributed by atoms with Crippen molar-refractivity contribution >= 4 is 15.9 Å². The molecule has 0 spiro atoms. The summed E-state index contributed by atoms with van der Waals surface area (Å²) in [6.07, 6.45) is 9.71. The van der Waals surface area contributed by atoms with E-state index in [2.05, 4.69) is 51.9 Å². The van der Waals surface area contributed by atoms with Gasteiger partial charge in [-0.2, -0.15) is 5.10 Å². The molecule has 1 aliphatic rings. The minimum absolute atomic E-state index is 0.406. The van der Waals surface area contributed by atoms with E-state index in [9.17, 15) is 0 Å². The molecule has 1 saturated carbocycles. The van der Waals surface area contributed by atoms with Crippen molar-refractivity contribution in [2.45, 2.75) is 65.0 Å². The maximum absolute atomic E-state index is 4.54. The summed E-state index contributed by atoms with van der Waals surface area (Å²) in [5.74, 6) is 0. The lowest BCUT2D eigenvalue weighted by atomic mass is 9.75. The van der Waals surface area contributed by atoms with Gasteiger partial charge in [-0.1, -0.05) is 26.7 Å². The molecule has 0 aromatic carbocycles. The Kier molecular flexibility index (Phi) is 5.07. The van der Waals surface area contributed by atoms with Crippen LogP contribution in [0.3, 0.4) is 0 Å². The summed E-state index contributed by atoms with van der Waals surface area (Å²) in [5, 5.41) is 8.13. The average Bonchev–Trinajstić information content (AvgIpc) is 3.02. The predicted octanol–water partition coefficient (Wildman–Crippen LogP) is 4.29. The molecule has 1 aromatic rings. The summed E-state index contributed by atoms with van der Waals surface area (Å²) in [6, 6.07) is 0.406. The highest BCUT2D eigenvalue weighted by molar-refractivity contribution is 9.10. The normalized spacial score (nSPS) is 19.8. The zero-order chi connectivity index (χ0) is 13.9. The van der Waals surface area contributed by atoms with E-state index in [1.54, 1.807) is 0 Å². The Morgan fingerprint density at radius 3 is 2.63 bits per heavy atom. The summed E-state index contributed by atoms with van der Waals surface area (Å²) >= 11 is 3.71. The Hall–Kier alpha value is -0.350. The predicted molar refractivity (Wildman–Crippen MR) is 83.2 cm³/mol. The molecule has 1 aliphatic carbocycles. The summed E-state index contributed by atoms with van der Waals surface area (Å²) in [4.78, 5) is 0. The zero-order valence-corrected chi connectivity index (χ0v) is 14.0. The van der Waals surface area contributed by atoms with E-state index < -0.39 is 0 Å². The lowest BCUT2D eigenvalue weighted by Crippen LogP contribution is -2.36. The topological polar surface area (TPSA) is 29.9 Å². The first kappa shape index (κ1) is 15.0. The quantitative estimate of drug-likeness (QED) is 0.844. The average molecular weight is 328 g/mol. The van der Waals surface area contributed by atoms with Crippen molar-refractivity contribution in [3.8, 4) is 0 Å². The summed E-state index contributed by atoms with van der Waals surface area (Å²) < 4.78 is 3.33. The van der Waals surface area contributed by atoms with Crippen LogP contribution in [0, 0.1) is 5.41 Å². The van der Waals surface area contributed by atoms with Gasteiger partial charge < -0.3 is 5.32 Å². The molecule has 1 aromatic heterocycles. The van der Waals surface area contributed by atoms with Crippen molar-refractivity contribution in [3.05, 3.63) is 16.4 Å². The largest absolute Gasteiger partial charge is 0.311 e. The number of aryl methyl sites for hydroxylation is 1. The van der Waals surface area contributed by atoms with Crippen molar-refractivity contribution in [3.63, 3.8) is 0 Å². The fourth-order valence-electron chi connectivity index (χ4n) is 3.71. The number of halogens is 1. The van der Waals surface area contributed by atoms with Crippen LogP contribution in [0.15, 0.2) is 10.7 Å². The third-order valence-electron chi connectivity index (χ3n) is 4.75. The van der Waals surface area contributed by atoms with Gasteiger partial charge in [0.15, 0.2) is 0 Å². The fraction of sp³-hybridized carbons (Fsp3) is 0.800. The molecule has 0 amide bonds. The molecule has 4 heteroatoms. The molecule has 1 unspecified atom stereocenters. The second-order valence-corrected chi connectivity index (χ2v) is 6.60. The van der Waals surface area contributed by atoms with Crippen LogP contribution in [0.5, 0.6) is 0 Å². The molecule has 108 valence electrons. The molecule has 1 fully saturated rings. The van der Waals surface area contributed by atoms with Gasteiger partial charge in [0.2, 0.25) is 0 Å². The van der Waals surface area contributed by atoms with Crippen molar-refractivity contribution < 1.29 is 0 Å². The second kappa shape index (κ2) is 6.40. The third kappa shape index (κ3) is 2.75. The van der Waals surface area contributed by atoms with Gasteiger partial charge in [-0.15, -0.1) is 0 Å². The van der Waals surface area contributed by atoms with Gasteiger partial charge in [0.05, 0.1) is 22.4 Å². The van der Waals surface area contributed by atoms with E-state index in [0.29, 0.717) is 11.5 Å². The van der Waals surface area contributed by atoms with Crippen LogP contribution < -0.4 is 5.32 Å². The van der Waals surface area contributed by atoms with E-state index in [1.165, 1.54) is 37.8 Å². The molecule has 1 heterocycles. The number of hydrogen-bond acceptors (Lipinski definition) is 2. The molecular formula is C15H26BrN3. The first-order valence-electron chi connectivity index (χ1n) is 7.57. The molecule has 3 nitrogen and oxygen atoms in total. The monoisotopic (exact) mass is 327 g/mol. The van der Waals surface area contributed by atoms with Crippen LogP contribution in [0.25, 0.3) is 0 Å². The molecule has 19 heavy (non-hydrogen) atoms. The van der Waals surface area contributed by atoms with Gasteiger partial charge in [-0.05, 0) is 54.1 Å². The van der Waals surface area contributed by atoms with E-state index in [-0.39, 0.29) is 0 Å². The van der Waals surface area contributed by atoms with E-state index in [0.717, 1.165) is 17.4 Å². The highest BCUT2D eigenvalue weighted by atomic mass is 79.9. The highest BCUT2D eigenvalue weighted by Crippen LogP contribution is 2.50. The molecule has 0 aliphatic heterocycles. The molecule has 1 atom stereocenters. The second-order valence-electron chi connectivity index (χ2n) is 5.75. The molecule has 0 saturated heterocycles. The number of rotatable bonds is 6. The van der Waals surface area contributed by atoms with Gasteiger partial charge in [0.25, 0.3) is 0 Å². The first-order chi connectivity index (χ1) is 9.18. The van der Waals surface area contributed by atoms with Crippen LogP contribution in [-0.2, 0) is 6.54 Å². The van der Waals surface area contributed by atoms with Crippen LogP contribution in [0.1, 0.15) is 64.1 Å². The minimum Gasteiger partial charge on any atom is -0.311 e. The van der Waals surface area contributed by atoms with Crippen molar-refractivity contribution in [2.75, 3.05) is 7.05 Å². The van der Waals surface area contributed by atoms with Gasteiger partial charge in [0.1, 0.15) is 0 Å². The van der Waals surface area contributed by atoms with Gasteiger partial charge in [0, 0.05) is 6.54 Å². The van der Waals surface area contributed by atoms with Crippen LogP contribution in [0.2, 0.25) is 0 Å². The van der Waals surface area contributed by atoms with Gasteiger partial charge in [-0.3, -0.25) is 4.68 Å². The first-order valence-corrected chi connectivity index (χ1v) is 8.36. The van der Waals surface area contributed by atoms with Crippen LogP contribution >= 0.6 is 15.9 Å². The number of nitrogens with one attached hydrogen (secondary N) is 1. The Balaban J connectivity index is 2.38. The van der Waals surface area contributed by atoms with Crippen LogP contribution in [0.4, 0.5) is 0 Å². The highest BCUT2D eigenvalue weighted by Gasteiger charge is 2.42. The standard InChI is InChI=1S/C15H26BrN3/c1-4-10-19-13(12(16)11-18-19)14(17-3)15(5-2)8-6-7-9-15/h11,14,17H,4-10H2,1-3H3. The van der Waals surface area contributed by atoms with E-state index >= 15 is 0 Å². The molecule has 0 radical (unpaired) electrons. The zero-order valence-electron chi connectivity index (χ0n) is 12.4. The van der Waals surface area contributed by atoms with E-state index in [1.807, 2.05) is 6.20 Å². The van der Waals surface area contributed by atoms with Gasteiger partial charge in [-0.25, -0.2) is 0 Å². The Bertz CT molecular complexity index is 408. The van der Waals surface area contributed by atoms with Gasteiger partial charge >= 0.3 is 0 Å². The number of hydrogen-bond donors (Lipinski definition) is 1. The van der Waals surface area contributed by atoms with Crippen LogP contribution in [-0.4, -0.2) is 16.8 Å². The maximum atomic E-state index is 4.54. The lowest BCUT2D eigenvalue weighted by molar-refractivity contribution is 0.185. The molecule has 1 N–H and O–H groups in total. The number of nitrogens with zero attached hydrogens (tertiary/aromatic N) is 2. The Morgan fingerprint density at radius 2 is 2.11 bits per heavy atom. The smallest absolute Gasteiger partial charge is 0.0701 e. The Labute approximate surface area is 125 Å². The summed E-state index contributed by atoms with van der Waals surface area (Å²) in [7, 11) is 2.09. The fourth-order valence-corrected chi connectivity index (χ4v) is 4.23. The Morgan fingerprint density at radius 1 is 1.42 bits per heavy atom. The van der Waals surface area contributed by atoms with Crippen molar-refractivity contribution in [1.82, 2.24) is 15.1 Å².